The highest BCUT2D eigenvalue weighted by Crippen LogP contribution is 2.41. The molecule has 0 aliphatic heterocycles. The van der Waals surface area contributed by atoms with Crippen LogP contribution < -0.4 is 5.32 Å². The van der Waals surface area contributed by atoms with E-state index in [0.29, 0.717) is 5.82 Å². The molecule has 39 heavy (non-hydrogen) atoms. The van der Waals surface area contributed by atoms with Crippen LogP contribution in [-0.2, 0) is 17.4 Å². The summed E-state index contributed by atoms with van der Waals surface area (Å²) in [5.41, 5.74) is 1.21. The molecule has 6 nitrogen and oxygen atoms in total. The van der Waals surface area contributed by atoms with E-state index >= 15 is 0 Å². The monoisotopic (exact) mass is 522 g/mol. The van der Waals surface area contributed by atoms with E-state index < -0.39 is 28.3 Å². The average Bonchev–Trinajstić information content (AvgIpc) is 3.26. The smallest absolute Gasteiger partial charge is 0.296 e. The van der Waals surface area contributed by atoms with Crippen molar-refractivity contribution in [1.29, 1.82) is 0 Å². The van der Waals surface area contributed by atoms with Crippen LogP contribution in [0.1, 0.15) is 68.6 Å². The zero-order valence-electron chi connectivity index (χ0n) is 23.9. The minimum Gasteiger partial charge on any atom is -0.352 e. The van der Waals surface area contributed by atoms with E-state index in [1.807, 2.05) is 96.1 Å². The molecule has 6 heteroatoms. The van der Waals surface area contributed by atoms with Crippen molar-refractivity contribution in [2.45, 2.75) is 58.2 Å². The highest BCUT2D eigenvalue weighted by molar-refractivity contribution is 6.44. The van der Waals surface area contributed by atoms with Crippen LogP contribution in [0.4, 0.5) is 5.82 Å². The largest absolute Gasteiger partial charge is 0.352 e. The van der Waals surface area contributed by atoms with E-state index in [4.69, 9.17) is 0 Å². The first-order valence-electron chi connectivity index (χ1n) is 13.2. The Labute approximate surface area is 231 Å². The number of aromatic nitrogens is 2. The molecule has 0 aliphatic rings. The van der Waals surface area contributed by atoms with Crippen molar-refractivity contribution in [3.8, 4) is 0 Å². The second kappa shape index (κ2) is 10.5. The molecule has 1 heterocycles. The zero-order valence-corrected chi connectivity index (χ0v) is 23.9. The molecular formula is C33H38N4O2. The Bertz CT molecular complexity index is 1320. The fourth-order valence-corrected chi connectivity index (χ4v) is 5.54. The second-order valence-electron chi connectivity index (χ2n) is 11.8. The highest BCUT2D eigenvalue weighted by atomic mass is 16.2. The Kier molecular flexibility index (Phi) is 7.51. The van der Waals surface area contributed by atoms with Gasteiger partial charge in [0, 0.05) is 18.1 Å². The van der Waals surface area contributed by atoms with Gasteiger partial charge in [0.1, 0.15) is 11.4 Å². The standard InChI is InChI=1S/C33H38N4O2/c1-31(2,3)37(32(4,5)6)30(39)28(38)27-23-34-36(7)29(27)35-33(24-17-11-8-12-18-24,25-19-13-9-14-20-25)26-21-15-10-16-22-26/h8-23,35H,1-7H3. The number of carbonyl (C=O) groups is 2. The lowest BCUT2D eigenvalue weighted by Gasteiger charge is -2.45. The number of hydrogen-bond donors (Lipinski definition) is 1. The van der Waals surface area contributed by atoms with Crippen molar-refractivity contribution in [3.05, 3.63) is 119 Å². The Morgan fingerprint density at radius 2 is 1.08 bits per heavy atom. The van der Waals surface area contributed by atoms with Crippen molar-refractivity contribution >= 4 is 17.5 Å². The lowest BCUT2D eigenvalue weighted by molar-refractivity contribution is -0.137. The molecule has 0 aliphatic carbocycles. The topological polar surface area (TPSA) is 67.2 Å². The third-order valence-electron chi connectivity index (χ3n) is 6.85. The third kappa shape index (κ3) is 5.37. The quantitative estimate of drug-likeness (QED) is 0.172. The third-order valence-corrected chi connectivity index (χ3v) is 6.85. The van der Waals surface area contributed by atoms with E-state index in [1.165, 1.54) is 6.20 Å². The Balaban J connectivity index is 1.92. The molecule has 0 unspecified atom stereocenters. The first-order chi connectivity index (χ1) is 18.4. The van der Waals surface area contributed by atoms with Gasteiger partial charge >= 0.3 is 0 Å². The minimum absolute atomic E-state index is 0.230. The number of Topliss-reactive ketones (excluding diaryl/α,β-unsaturated/α-hetero) is 1. The lowest BCUT2D eigenvalue weighted by atomic mass is 9.77. The number of benzene rings is 3. The van der Waals surface area contributed by atoms with Crippen LogP contribution in [0.15, 0.2) is 97.2 Å². The van der Waals surface area contributed by atoms with Crippen molar-refractivity contribution in [1.82, 2.24) is 14.7 Å². The molecule has 4 aromatic rings. The van der Waals surface area contributed by atoms with Gasteiger partial charge in [0.15, 0.2) is 0 Å². The molecule has 4 rings (SSSR count). The predicted octanol–water partition coefficient (Wildman–Crippen LogP) is 6.43. The first kappa shape index (κ1) is 27.8. The van der Waals surface area contributed by atoms with Crippen molar-refractivity contribution in [2.75, 3.05) is 5.32 Å². The fourth-order valence-electron chi connectivity index (χ4n) is 5.54. The van der Waals surface area contributed by atoms with Crippen LogP contribution in [0, 0.1) is 0 Å². The Hall–Kier alpha value is -4.19. The van der Waals surface area contributed by atoms with Gasteiger partial charge in [-0.3, -0.25) is 14.3 Å². The summed E-state index contributed by atoms with van der Waals surface area (Å²) < 4.78 is 1.63. The van der Waals surface area contributed by atoms with Gasteiger partial charge in [-0.1, -0.05) is 91.0 Å². The van der Waals surface area contributed by atoms with E-state index in [9.17, 15) is 9.59 Å². The van der Waals surface area contributed by atoms with Gasteiger partial charge in [0.25, 0.3) is 11.7 Å². The fraction of sp³-hybridized carbons (Fsp3) is 0.303. The molecule has 0 saturated carbocycles. The van der Waals surface area contributed by atoms with Crippen molar-refractivity contribution in [2.24, 2.45) is 7.05 Å². The number of anilines is 1. The Morgan fingerprint density at radius 3 is 1.44 bits per heavy atom. The van der Waals surface area contributed by atoms with Gasteiger partial charge in [-0.15, -0.1) is 0 Å². The first-order valence-corrected chi connectivity index (χ1v) is 13.2. The maximum Gasteiger partial charge on any atom is 0.296 e. The predicted molar refractivity (Wildman–Crippen MR) is 157 cm³/mol. The molecule has 0 saturated heterocycles. The van der Waals surface area contributed by atoms with Crippen LogP contribution in [-0.4, -0.2) is 37.4 Å². The van der Waals surface area contributed by atoms with Gasteiger partial charge in [-0.2, -0.15) is 5.10 Å². The van der Waals surface area contributed by atoms with Crippen LogP contribution in [0.3, 0.4) is 0 Å². The van der Waals surface area contributed by atoms with E-state index in [0.717, 1.165) is 16.7 Å². The van der Waals surface area contributed by atoms with Gasteiger partial charge in [-0.05, 0) is 58.2 Å². The van der Waals surface area contributed by atoms with Crippen LogP contribution >= 0.6 is 0 Å². The van der Waals surface area contributed by atoms with Crippen LogP contribution in [0.25, 0.3) is 0 Å². The summed E-state index contributed by atoms with van der Waals surface area (Å²) in [7, 11) is 1.78. The van der Waals surface area contributed by atoms with E-state index in [-0.39, 0.29) is 5.56 Å². The summed E-state index contributed by atoms with van der Waals surface area (Å²) >= 11 is 0. The van der Waals surface area contributed by atoms with Gasteiger partial charge in [-0.25, -0.2) is 0 Å². The molecule has 0 spiro atoms. The summed E-state index contributed by atoms with van der Waals surface area (Å²) in [6, 6.07) is 30.3. The highest BCUT2D eigenvalue weighted by Gasteiger charge is 2.42. The van der Waals surface area contributed by atoms with Crippen LogP contribution in [0.5, 0.6) is 0 Å². The molecule has 0 atom stereocenters. The number of aryl methyl sites for hydroxylation is 1. The maximum absolute atomic E-state index is 13.9. The van der Waals surface area contributed by atoms with Crippen molar-refractivity contribution < 1.29 is 9.59 Å². The molecule has 1 N–H and O–H groups in total. The molecule has 202 valence electrons. The molecule has 1 amide bonds. The molecule has 0 bridgehead atoms. The minimum atomic E-state index is -0.872. The van der Waals surface area contributed by atoms with Crippen molar-refractivity contribution in [3.63, 3.8) is 0 Å². The second-order valence-corrected chi connectivity index (χ2v) is 11.8. The van der Waals surface area contributed by atoms with Gasteiger partial charge < -0.3 is 10.2 Å². The van der Waals surface area contributed by atoms with Gasteiger partial charge in [0.05, 0.1) is 11.8 Å². The normalized spacial score (nSPS) is 12.2. The van der Waals surface area contributed by atoms with E-state index in [2.05, 4.69) is 46.8 Å². The molecule has 0 fully saturated rings. The number of hydrogen-bond acceptors (Lipinski definition) is 4. The summed E-state index contributed by atoms with van der Waals surface area (Å²) in [5, 5.41) is 8.15. The maximum atomic E-state index is 13.9. The van der Waals surface area contributed by atoms with Crippen LogP contribution in [0.2, 0.25) is 0 Å². The number of amides is 1. The molecule has 0 radical (unpaired) electrons. The number of nitrogens with one attached hydrogen (secondary N) is 1. The number of carbonyl (C=O) groups excluding carboxylic acids is 2. The number of nitrogens with zero attached hydrogens (tertiary/aromatic N) is 3. The molecular weight excluding hydrogens is 484 g/mol. The summed E-state index contributed by atoms with van der Waals surface area (Å²) in [6.07, 6.45) is 1.48. The van der Waals surface area contributed by atoms with E-state index in [1.54, 1.807) is 16.6 Å². The average molecular weight is 523 g/mol. The molecule has 1 aromatic heterocycles. The summed E-state index contributed by atoms with van der Waals surface area (Å²) in [5.74, 6) is -0.693. The summed E-state index contributed by atoms with van der Waals surface area (Å²) in [6.45, 7) is 11.6. The Morgan fingerprint density at radius 1 is 0.692 bits per heavy atom. The summed E-state index contributed by atoms with van der Waals surface area (Å²) in [4.78, 5) is 29.4. The molecule has 3 aromatic carbocycles. The lowest BCUT2D eigenvalue weighted by Crippen LogP contribution is -2.57. The SMILES string of the molecule is Cn1ncc(C(=O)C(=O)N(C(C)(C)C)C(C)(C)C)c1NC(c1ccccc1)(c1ccccc1)c1ccccc1. The number of ketones is 1. The zero-order chi connectivity index (χ0) is 28.4. The number of rotatable bonds is 7. The van der Waals surface area contributed by atoms with Gasteiger partial charge in [0.2, 0.25) is 0 Å².